The molecule has 0 aliphatic rings. The molecule has 0 spiro atoms. The number of aromatic amines is 1. The van der Waals surface area contributed by atoms with E-state index in [0.29, 0.717) is 10.2 Å². The van der Waals surface area contributed by atoms with Crippen LogP contribution in [0, 0.1) is 0 Å². The Morgan fingerprint density at radius 1 is 1.45 bits per heavy atom. The summed E-state index contributed by atoms with van der Waals surface area (Å²) in [4.78, 5) is 12.7. The summed E-state index contributed by atoms with van der Waals surface area (Å²) >= 11 is 7.24. The summed E-state index contributed by atoms with van der Waals surface area (Å²) in [5.41, 5.74) is 0.946. The van der Waals surface area contributed by atoms with Crippen LogP contribution in [0.15, 0.2) is 24.3 Å². The number of amides is 1. The van der Waals surface area contributed by atoms with E-state index in [4.69, 9.17) is 11.6 Å². The highest BCUT2D eigenvalue weighted by Crippen LogP contribution is 2.23. The average Bonchev–Trinajstić information content (AvgIpc) is 2.95. The van der Waals surface area contributed by atoms with Crippen molar-refractivity contribution in [1.82, 2.24) is 10.2 Å². The van der Waals surface area contributed by atoms with Crippen molar-refractivity contribution in [3.63, 3.8) is 0 Å². The Hall–Kier alpha value is -1.59. The van der Waals surface area contributed by atoms with Gasteiger partial charge in [-0.2, -0.15) is 5.10 Å². The first-order valence-electron chi connectivity index (χ1n) is 6.15. The summed E-state index contributed by atoms with van der Waals surface area (Å²) in [6.45, 7) is 6.23. The Labute approximate surface area is 126 Å². The average molecular weight is 310 g/mol. The van der Waals surface area contributed by atoms with Crippen molar-refractivity contribution in [1.29, 1.82) is 0 Å². The van der Waals surface area contributed by atoms with Crippen molar-refractivity contribution in [3.8, 4) is 0 Å². The summed E-state index contributed by atoms with van der Waals surface area (Å²) in [6, 6.07) is 5.50. The molecule has 0 saturated carbocycles. The number of aromatic nitrogens is 2. The van der Waals surface area contributed by atoms with Crippen LogP contribution in [0.4, 0.5) is 5.82 Å². The second-order valence-electron chi connectivity index (χ2n) is 5.38. The predicted molar refractivity (Wildman–Crippen MR) is 84.3 cm³/mol. The van der Waals surface area contributed by atoms with Gasteiger partial charge in [0.1, 0.15) is 0 Å². The Kier molecular flexibility index (Phi) is 4.30. The molecule has 2 N–H and O–H groups in total. The highest BCUT2D eigenvalue weighted by Gasteiger charge is 2.16. The number of hydrogen-bond donors (Lipinski definition) is 2. The van der Waals surface area contributed by atoms with Gasteiger partial charge in [0.25, 0.3) is 0 Å². The van der Waals surface area contributed by atoms with E-state index in [1.54, 1.807) is 12.1 Å². The molecule has 2 aromatic rings. The van der Waals surface area contributed by atoms with Gasteiger partial charge in [-0.25, -0.2) is 0 Å². The molecule has 2 aromatic heterocycles. The van der Waals surface area contributed by atoms with E-state index >= 15 is 0 Å². The largest absolute Gasteiger partial charge is 0.306 e. The maximum Gasteiger partial charge on any atom is 0.249 e. The quantitative estimate of drug-likeness (QED) is 0.840. The van der Waals surface area contributed by atoms with E-state index in [-0.39, 0.29) is 11.3 Å². The number of carbonyl (C=O) groups excluding carboxylic acids is 1. The third kappa shape index (κ3) is 3.95. The van der Waals surface area contributed by atoms with Crippen LogP contribution >= 0.6 is 22.9 Å². The molecular formula is C14H16ClN3OS. The Morgan fingerprint density at radius 3 is 2.75 bits per heavy atom. The molecule has 6 heteroatoms. The van der Waals surface area contributed by atoms with Crippen molar-refractivity contribution in [2.45, 2.75) is 26.2 Å². The third-order valence-corrected chi connectivity index (χ3v) is 3.83. The first-order valence-corrected chi connectivity index (χ1v) is 7.34. The number of halogens is 1. The van der Waals surface area contributed by atoms with Crippen LogP contribution in [0.1, 0.15) is 31.3 Å². The molecule has 2 rings (SSSR count). The fourth-order valence-electron chi connectivity index (χ4n) is 1.51. The zero-order valence-electron chi connectivity index (χ0n) is 11.5. The number of hydrogen-bond acceptors (Lipinski definition) is 3. The monoisotopic (exact) mass is 309 g/mol. The zero-order valence-corrected chi connectivity index (χ0v) is 13.1. The lowest BCUT2D eigenvalue weighted by atomic mass is 9.92. The standard InChI is InChI=1S/C14H16ClN3OS/c1-14(2,3)10-8-12(18-17-10)16-13(19)7-5-9-4-6-11(15)20-9/h4-8H,1-3H3,(H2,16,17,18,19)/b7-5+. The van der Waals surface area contributed by atoms with Gasteiger partial charge in [0.2, 0.25) is 5.91 Å². The van der Waals surface area contributed by atoms with Gasteiger partial charge in [-0.05, 0) is 18.2 Å². The molecule has 20 heavy (non-hydrogen) atoms. The number of anilines is 1. The van der Waals surface area contributed by atoms with Crippen LogP contribution in [0.2, 0.25) is 4.34 Å². The first-order chi connectivity index (χ1) is 9.34. The number of rotatable bonds is 3. The van der Waals surface area contributed by atoms with Gasteiger partial charge in [-0.1, -0.05) is 32.4 Å². The third-order valence-electron chi connectivity index (χ3n) is 2.63. The summed E-state index contributed by atoms with van der Waals surface area (Å²) in [6.07, 6.45) is 3.19. The minimum absolute atomic E-state index is 0.0282. The number of nitrogens with zero attached hydrogens (tertiary/aromatic N) is 1. The van der Waals surface area contributed by atoms with E-state index in [1.165, 1.54) is 17.4 Å². The molecule has 0 aromatic carbocycles. The van der Waals surface area contributed by atoms with E-state index in [2.05, 4.69) is 36.3 Å². The summed E-state index contributed by atoms with van der Waals surface area (Å²) in [5.74, 6) is 0.301. The molecule has 0 radical (unpaired) electrons. The zero-order chi connectivity index (χ0) is 14.8. The van der Waals surface area contributed by atoms with Gasteiger partial charge in [0.15, 0.2) is 5.82 Å². The number of nitrogens with one attached hydrogen (secondary N) is 2. The Morgan fingerprint density at radius 2 is 2.20 bits per heavy atom. The van der Waals surface area contributed by atoms with Crippen LogP contribution in [0.25, 0.3) is 6.08 Å². The van der Waals surface area contributed by atoms with Gasteiger partial charge in [-0.15, -0.1) is 11.3 Å². The first kappa shape index (κ1) is 14.8. The second kappa shape index (κ2) is 5.81. The normalized spacial score (nSPS) is 12.0. The SMILES string of the molecule is CC(C)(C)c1cc(NC(=O)/C=C/c2ccc(Cl)s2)n[nH]1. The molecule has 0 bridgehead atoms. The molecule has 1 amide bonds. The van der Waals surface area contributed by atoms with Gasteiger partial charge < -0.3 is 5.32 Å². The van der Waals surface area contributed by atoms with Gasteiger partial charge in [-0.3, -0.25) is 9.89 Å². The van der Waals surface area contributed by atoms with Crippen LogP contribution in [-0.2, 0) is 10.2 Å². The molecule has 0 aliphatic carbocycles. The molecular weight excluding hydrogens is 294 g/mol. The summed E-state index contributed by atoms with van der Waals surface area (Å²) < 4.78 is 0.701. The lowest BCUT2D eigenvalue weighted by Gasteiger charge is -2.14. The highest BCUT2D eigenvalue weighted by atomic mass is 35.5. The van der Waals surface area contributed by atoms with Crippen molar-refractivity contribution in [2.24, 2.45) is 0 Å². The lowest BCUT2D eigenvalue weighted by molar-refractivity contribution is -0.111. The maximum atomic E-state index is 11.8. The number of H-pyrrole nitrogens is 1. The van der Waals surface area contributed by atoms with Crippen LogP contribution in [0.5, 0.6) is 0 Å². The van der Waals surface area contributed by atoms with Crippen molar-refractivity contribution < 1.29 is 4.79 Å². The van der Waals surface area contributed by atoms with Gasteiger partial charge in [0, 0.05) is 28.1 Å². The van der Waals surface area contributed by atoms with Crippen molar-refractivity contribution in [3.05, 3.63) is 39.2 Å². The lowest BCUT2D eigenvalue weighted by Crippen LogP contribution is -2.11. The molecule has 0 fully saturated rings. The van der Waals surface area contributed by atoms with Crippen LogP contribution in [0.3, 0.4) is 0 Å². The second-order valence-corrected chi connectivity index (χ2v) is 7.13. The summed E-state index contributed by atoms with van der Waals surface area (Å²) in [5, 5.41) is 9.71. The predicted octanol–water partition coefficient (Wildman–Crippen LogP) is 4.07. The van der Waals surface area contributed by atoms with Gasteiger partial charge in [0.05, 0.1) is 4.34 Å². The van der Waals surface area contributed by atoms with E-state index < -0.39 is 0 Å². The molecule has 0 aliphatic heterocycles. The number of carbonyl (C=O) groups is 1. The maximum absolute atomic E-state index is 11.8. The van der Waals surface area contributed by atoms with Crippen molar-refractivity contribution >= 4 is 40.7 Å². The van der Waals surface area contributed by atoms with Gasteiger partial charge >= 0.3 is 0 Å². The van der Waals surface area contributed by atoms with Crippen LogP contribution in [-0.4, -0.2) is 16.1 Å². The molecule has 2 heterocycles. The topological polar surface area (TPSA) is 57.8 Å². The van der Waals surface area contributed by atoms with E-state index in [0.717, 1.165) is 10.6 Å². The highest BCUT2D eigenvalue weighted by molar-refractivity contribution is 7.17. The van der Waals surface area contributed by atoms with E-state index in [1.807, 2.05) is 12.1 Å². The molecule has 0 unspecified atom stereocenters. The number of thiophene rings is 1. The molecule has 4 nitrogen and oxygen atoms in total. The fourth-order valence-corrected chi connectivity index (χ4v) is 2.48. The minimum atomic E-state index is -0.221. The van der Waals surface area contributed by atoms with Crippen LogP contribution < -0.4 is 5.32 Å². The fraction of sp³-hybridized carbons (Fsp3) is 0.286. The van der Waals surface area contributed by atoms with Crippen molar-refractivity contribution in [2.75, 3.05) is 5.32 Å². The molecule has 0 saturated heterocycles. The molecule has 106 valence electrons. The Balaban J connectivity index is 1.98. The van der Waals surface area contributed by atoms with E-state index in [9.17, 15) is 4.79 Å². The Bertz CT molecular complexity index is 637. The summed E-state index contributed by atoms with van der Waals surface area (Å²) in [7, 11) is 0. The molecule has 0 atom stereocenters. The smallest absolute Gasteiger partial charge is 0.249 e. The minimum Gasteiger partial charge on any atom is -0.306 e.